The van der Waals surface area contributed by atoms with Gasteiger partial charge in [0.1, 0.15) is 0 Å². The van der Waals surface area contributed by atoms with Crippen LogP contribution in [0.2, 0.25) is 0 Å². The summed E-state index contributed by atoms with van der Waals surface area (Å²) < 4.78 is 10.5. The molecule has 0 bridgehead atoms. The fourth-order valence-electron chi connectivity index (χ4n) is 0.541. The Morgan fingerprint density at radius 1 is 1.08 bits per heavy atom. The second kappa shape index (κ2) is 7.24. The van der Waals surface area contributed by atoms with Gasteiger partial charge in [0.15, 0.2) is 0 Å². The Kier molecular flexibility index (Phi) is 9.87. The molecule has 0 aliphatic rings. The third-order valence-electron chi connectivity index (χ3n) is 0.680. The number of hydrogen-bond acceptors (Lipinski definition) is 4. The Morgan fingerprint density at radius 2 is 1.33 bits per heavy atom. The smallest absolute Gasteiger partial charge is 0.691 e. The van der Waals surface area contributed by atoms with Gasteiger partial charge in [0.2, 0.25) is 0 Å². The molecule has 0 spiro atoms. The summed E-state index contributed by atoms with van der Waals surface area (Å²) in [6.45, 7) is 7.60. The standard InChI is InChI=1S/C6H15O2PS2.Na/c1-5(2)7-9(10,11)8-6(3)4;/h5-6H,1-4H3,(H,10,11);/q;+1/p-1. The SMILES string of the molecule is CC(C)OP(=S)([S-])OC(C)C.[Na+]. The van der Waals surface area contributed by atoms with E-state index in [9.17, 15) is 0 Å². The minimum atomic E-state index is -2.39. The molecule has 0 amide bonds. The molecule has 0 saturated heterocycles. The molecule has 12 heavy (non-hydrogen) atoms. The molecule has 0 rings (SSSR count). The van der Waals surface area contributed by atoms with Gasteiger partial charge in [-0.25, -0.2) is 0 Å². The average molecular weight is 236 g/mol. The predicted molar refractivity (Wildman–Crippen MR) is 54.1 cm³/mol. The molecule has 0 aliphatic carbocycles. The van der Waals surface area contributed by atoms with Crippen molar-refractivity contribution >= 4 is 29.7 Å². The Morgan fingerprint density at radius 3 is 1.50 bits per heavy atom. The second-order valence-corrected chi connectivity index (χ2v) is 7.65. The third kappa shape index (κ3) is 10.0. The summed E-state index contributed by atoms with van der Waals surface area (Å²) in [6, 6.07) is 0. The summed E-state index contributed by atoms with van der Waals surface area (Å²) in [4.78, 5) is 0. The zero-order valence-electron chi connectivity index (χ0n) is 8.23. The number of rotatable bonds is 4. The van der Waals surface area contributed by atoms with Crippen LogP contribution in [-0.2, 0) is 33.1 Å². The van der Waals surface area contributed by atoms with E-state index in [4.69, 9.17) is 33.1 Å². The van der Waals surface area contributed by atoms with Crippen LogP contribution in [0.1, 0.15) is 27.7 Å². The van der Waals surface area contributed by atoms with Crippen LogP contribution in [0.5, 0.6) is 0 Å². The van der Waals surface area contributed by atoms with Crippen molar-refractivity contribution in [2.45, 2.75) is 39.9 Å². The Labute approximate surface area is 107 Å². The van der Waals surface area contributed by atoms with Crippen LogP contribution in [0.25, 0.3) is 0 Å². The molecule has 0 N–H and O–H groups in total. The van der Waals surface area contributed by atoms with Crippen molar-refractivity contribution in [3.63, 3.8) is 0 Å². The van der Waals surface area contributed by atoms with Gasteiger partial charge in [0.25, 0.3) is 0 Å². The van der Waals surface area contributed by atoms with Crippen molar-refractivity contribution in [2.24, 2.45) is 0 Å². The van der Waals surface area contributed by atoms with Gasteiger partial charge in [0.05, 0.1) is 17.9 Å². The van der Waals surface area contributed by atoms with Crippen LogP contribution >= 0.6 is 5.69 Å². The van der Waals surface area contributed by atoms with Crippen molar-refractivity contribution in [2.75, 3.05) is 0 Å². The maximum Gasteiger partial charge on any atom is 1.00 e. The Bertz CT molecular complexity index is 150. The van der Waals surface area contributed by atoms with E-state index in [-0.39, 0.29) is 41.8 Å². The van der Waals surface area contributed by atoms with E-state index < -0.39 is 5.69 Å². The zero-order chi connectivity index (χ0) is 9.07. The first kappa shape index (κ1) is 16.4. The summed E-state index contributed by atoms with van der Waals surface area (Å²) >= 11 is 9.95. The fraction of sp³-hybridized carbons (Fsp3) is 1.00. The minimum absolute atomic E-state index is 0. The van der Waals surface area contributed by atoms with Gasteiger partial charge >= 0.3 is 29.6 Å². The molecule has 2 nitrogen and oxygen atoms in total. The van der Waals surface area contributed by atoms with Crippen molar-refractivity contribution in [1.29, 1.82) is 0 Å². The molecule has 0 saturated carbocycles. The average Bonchev–Trinajstić information content (AvgIpc) is 1.53. The van der Waals surface area contributed by atoms with E-state index in [0.29, 0.717) is 0 Å². The quantitative estimate of drug-likeness (QED) is 0.376. The predicted octanol–water partition coefficient (Wildman–Crippen LogP) is -0.388. The number of hydrogen-bond donors (Lipinski definition) is 0. The van der Waals surface area contributed by atoms with Crippen molar-refractivity contribution in [3.05, 3.63) is 0 Å². The monoisotopic (exact) mass is 236 g/mol. The Hall–Kier alpha value is 1.92. The van der Waals surface area contributed by atoms with Gasteiger partial charge in [-0.1, -0.05) is 11.8 Å². The summed E-state index contributed by atoms with van der Waals surface area (Å²) in [5.41, 5.74) is -2.39. The maximum atomic E-state index is 5.27. The van der Waals surface area contributed by atoms with Crippen LogP contribution < -0.4 is 29.6 Å². The summed E-state index contributed by atoms with van der Waals surface area (Å²) in [7, 11) is 0. The molecule has 0 fully saturated rings. The molecule has 0 heterocycles. The molecule has 0 radical (unpaired) electrons. The second-order valence-electron chi connectivity index (χ2n) is 2.76. The first-order chi connectivity index (χ1) is 4.83. The zero-order valence-corrected chi connectivity index (χ0v) is 12.8. The largest absolute Gasteiger partial charge is 1.00 e. The van der Waals surface area contributed by atoms with Crippen LogP contribution in [-0.4, -0.2) is 12.2 Å². The van der Waals surface area contributed by atoms with Crippen LogP contribution in [0, 0.1) is 0 Å². The normalized spacial score (nSPS) is 11.9. The van der Waals surface area contributed by atoms with E-state index in [1.165, 1.54) is 0 Å². The molecule has 68 valence electrons. The first-order valence-electron chi connectivity index (χ1n) is 3.51. The molecule has 0 aromatic rings. The maximum absolute atomic E-state index is 5.27. The third-order valence-corrected chi connectivity index (χ3v) is 3.07. The fourth-order valence-corrected chi connectivity index (χ4v) is 3.69. The molecular formula is C6H14NaO2PS2. The van der Waals surface area contributed by atoms with Crippen LogP contribution in [0.4, 0.5) is 0 Å². The van der Waals surface area contributed by atoms with Crippen molar-refractivity contribution < 1.29 is 38.6 Å². The van der Waals surface area contributed by atoms with Gasteiger partial charge in [-0.05, 0) is 27.7 Å². The summed E-state index contributed by atoms with van der Waals surface area (Å²) in [5.74, 6) is 0. The van der Waals surface area contributed by atoms with Crippen LogP contribution in [0.15, 0.2) is 0 Å². The molecular weight excluding hydrogens is 222 g/mol. The van der Waals surface area contributed by atoms with Crippen molar-refractivity contribution in [1.82, 2.24) is 0 Å². The van der Waals surface area contributed by atoms with E-state index in [1.807, 2.05) is 27.7 Å². The van der Waals surface area contributed by atoms with E-state index in [2.05, 4.69) is 0 Å². The van der Waals surface area contributed by atoms with E-state index >= 15 is 0 Å². The topological polar surface area (TPSA) is 18.5 Å². The van der Waals surface area contributed by atoms with Gasteiger partial charge in [-0.3, -0.25) is 0 Å². The van der Waals surface area contributed by atoms with Gasteiger partial charge in [-0.2, -0.15) is 0 Å². The van der Waals surface area contributed by atoms with E-state index in [1.54, 1.807) is 0 Å². The summed E-state index contributed by atoms with van der Waals surface area (Å²) in [6.07, 6.45) is 0.106. The molecule has 0 aromatic heterocycles. The van der Waals surface area contributed by atoms with Gasteiger partial charge < -0.3 is 21.3 Å². The van der Waals surface area contributed by atoms with Crippen molar-refractivity contribution in [3.8, 4) is 0 Å². The molecule has 6 heteroatoms. The molecule has 0 atom stereocenters. The van der Waals surface area contributed by atoms with Gasteiger partial charge in [-0.15, -0.1) is 0 Å². The first-order valence-corrected chi connectivity index (χ1v) is 7.16. The molecule has 0 unspecified atom stereocenters. The molecule has 0 aromatic carbocycles. The van der Waals surface area contributed by atoms with Crippen LogP contribution in [0.3, 0.4) is 0 Å². The minimum Gasteiger partial charge on any atom is -0.691 e. The van der Waals surface area contributed by atoms with Gasteiger partial charge in [0, 0.05) is 0 Å². The van der Waals surface area contributed by atoms with E-state index in [0.717, 1.165) is 0 Å². The summed E-state index contributed by atoms with van der Waals surface area (Å²) in [5, 5.41) is 0. The Balaban J connectivity index is 0. The molecule has 0 aliphatic heterocycles.